The highest BCUT2D eigenvalue weighted by molar-refractivity contribution is 5.93. The maximum atomic E-state index is 11.5. The summed E-state index contributed by atoms with van der Waals surface area (Å²) in [6, 6.07) is 9.42. The predicted molar refractivity (Wildman–Crippen MR) is 66.8 cm³/mol. The molecule has 4 nitrogen and oxygen atoms in total. The fourth-order valence-corrected chi connectivity index (χ4v) is 1.64. The van der Waals surface area contributed by atoms with Gasteiger partial charge in [0, 0.05) is 11.6 Å². The molecule has 2 aromatic rings. The Kier molecular flexibility index (Phi) is 3.37. The van der Waals surface area contributed by atoms with Crippen molar-refractivity contribution in [3.05, 3.63) is 41.5 Å². The van der Waals surface area contributed by atoms with Crippen LogP contribution in [0.2, 0.25) is 0 Å². The van der Waals surface area contributed by atoms with Gasteiger partial charge in [-0.1, -0.05) is 29.8 Å². The van der Waals surface area contributed by atoms with Gasteiger partial charge in [-0.05, 0) is 6.92 Å². The standard InChI is InChI=1S/C14H14O4/c1-9-4-6-10(7-5-9)12-8-11(13(15)16-2)14(17-3)18-12/h4-8H,1-3H3. The second-order valence-corrected chi connectivity index (χ2v) is 3.87. The van der Waals surface area contributed by atoms with E-state index in [1.807, 2.05) is 31.2 Å². The van der Waals surface area contributed by atoms with Crippen LogP contribution < -0.4 is 4.74 Å². The SMILES string of the molecule is COC(=O)c1cc(-c2ccc(C)cc2)oc1OC. The predicted octanol–water partition coefficient (Wildman–Crippen LogP) is 3.05. The van der Waals surface area contributed by atoms with Crippen molar-refractivity contribution in [3.63, 3.8) is 0 Å². The molecule has 0 aliphatic heterocycles. The first kappa shape index (κ1) is 12.2. The van der Waals surface area contributed by atoms with Crippen molar-refractivity contribution in [1.29, 1.82) is 0 Å². The molecule has 0 radical (unpaired) electrons. The molecule has 0 aliphatic carbocycles. The molecular weight excluding hydrogens is 232 g/mol. The van der Waals surface area contributed by atoms with E-state index in [4.69, 9.17) is 9.15 Å². The van der Waals surface area contributed by atoms with E-state index in [9.17, 15) is 4.79 Å². The van der Waals surface area contributed by atoms with Crippen LogP contribution in [-0.2, 0) is 4.74 Å². The Morgan fingerprint density at radius 2 is 1.83 bits per heavy atom. The van der Waals surface area contributed by atoms with E-state index >= 15 is 0 Å². The van der Waals surface area contributed by atoms with Gasteiger partial charge in [-0.3, -0.25) is 0 Å². The number of methoxy groups -OCH3 is 2. The number of aryl methyl sites for hydroxylation is 1. The van der Waals surface area contributed by atoms with Gasteiger partial charge in [0.2, 0.25) is 0 Å². The first-order valence-electron chi connectivity index (χ1n) is 5.49. The fraction of sp³-hybridized carbons (Fsp3) is 0.214. The van der Waals surface area contributed by atoms with Gasteiger partial charge >= 0.3 is 5.97 Å². The summed E-state index contributed by atoms with van der Waals surface area (Å²) in [6.07, 6.45) is 0. The second kappa shape index (κ2) is 4.96. The Morgan fingerprint density at radius 1 is 1.17 bits per heavy atom. The molecule has 1 aromatic carbocycles. The lowest BCUT2D eigenvalue weighted by atomic mass is 10.1. The van der Waals surface area contributed by atoms with Gasteiger partial charge in [0.05, 0.1) is 14.2 Å². The summed E-state index contributed by atoms with van der Waals surface area (Å²) in [7, 11) is 2.77. The summed E-state index contributed by atoms with van der Waals surface area (Å²) >= 11 is 0. The molecule has 4 heteroatoms. The summed E-state index contributed by atoms with van der Waals surface area (Å²) in [4.78, 5) is 11.5. The highest BCUT2D eigenvalue weighted by Gasteiger charge is 2.20. The number of benzene rings is 1. The van der Waals surface area contributed by atoms with Crippen molar-refractivity contribution in [2.24, 2.45) is 0 Å². The maximum Gasteiger partial charge on any atom is 0.345 e. The van der Waals surface area contributed by atoms with Crippen LogP contribution >= 0.6 is 0 Å². The van der Waals surface area contributed by atoms with Gasteiger partial charge in [-0.2, -0.15) is 0 Å². The van der Waals surface area contributed by atoms with Gasteiger partial charge in [0.25, 0.3) is 5.95 Å². The Morgan fingerprint density at radius 3 is 2.39 bits per heavy atom. The van der Waals surface area contributed by atoms with E-state index < -0.39 is 5.97 Å². The summed E-state index contributed by atoms with van der Waals surface area (Å²) in [5.74, 6) is 0.263. The van der Waals surface area contributed by atoms with Crippen LogP contribution in [0, 0.1) is 6.92 Å². The molecule has 0 N–H and O–H groups in total. The van der Waals surface area contributed by atoms with Crippen molar-refractivity contribution >= 4 is 5.97 Å². The molecule has 0 fully saturated rings. The van der Waals surface area contributed by atoms with Crippen LogP contribution in [0.3, 0.4) is 0 Å². The summed E-state index contributed by atoms with van der Waals surface area (Å²) in [6.45, 7) is 2.01. The average molecular weight is 246 g/mol. The van der Waals surface area contributed by atoms with Crippen molar-refractivity contribution in [3.8, 4) is 17.3 Å². The maximum absolute atomic E-state index is 11.5. The van der Waals surface area contributed by atoms with E-state index in [1.165, 1.54) is 14.2 Å². The van der Waals surface area contributed by atoms with Gasteiger partial charge in [-0.25, -0.2) is 4.79 Å². The first-order chi connectivity index (χ1) is 8.65. The molecule has 0 aliphatic rings. The van der Waals surface area contributed by atoms with Crippen molar-refractivity contribution in [2.45, 2.75) is 6.92 Å². The number of hydrogen-bond donors (Lipinski definition) is 0. The van der Waals surface area contributed by atoms with E-state index in [0.29, 0.717) is 5.76 Å². The second-order valence-electron chi connectivity index (χ2n) is 3.87. The van der Waals surface area contributed by atoms with Crippen LogP contribution in [0.5, 0.6) is 5.95 Å². The minimum atomic E-state index is -0.478. The molecule has 0 saturated heterocycles. The van der Waals surface area contributed by atoms with Crippen molar-refractivity contribution in [1.82, 2.24) is 0 Å². The lowest BCUT2D eigenvalue weighted by Gasteiger charge is -1.98. The zero-order chi connectivity index (χ0) is 13.1. The Labute approximate surface area is 105 Å². The quantitative estimate of drug-likeness (QED) is 0.781. The Balaban J connectivity index is 2.43. The molecule has 1 aromatic heterocycles. The van der Waals surface area contributed by atoms with Crippen LogP contribution in [0.4, 0.5) is 0 Å². The van der Waals surface area contributed by atoms with Crippen LogP contribution in [0.1, 0.15) is 15.9 Å². The third-order valence-electron chi connectivity index (χ3n) is 2.62. The smallest absolute Gasteiger partial charge is 0.345 e. The number of furan rings is 1. The molecule has 0 saturated carbocycles. The number of rotatable bonds is 3. The van der Waals surface area contributed by atoms with Gasteiger partial charge < -0.3 is 13.9 Å². The van der Waals surface area contributed by atoms with Gasteiger partial charge in [-0.15, -0.1) is 0 Å². The number of hydrogen-bond acceptors (Lipinski definition) is 4. The molecule has 1 heterocycles. The highest BCUT2D eigenvalue weighted by Crippen LogP contribution is 2.31. The van der Waals surface area contributed by atoms with Gasteiger partial charge in [0.15, 0.2) is 0 Å². The third-order valence-corrected chi connectivity index (χ3v) is 2.62. The minimum Gasteiger partial charge on any atom is -0.468 e. The van der Waals surface area contributed by atoms with Crippen molar-refractivity contribution < 1.29 is 18.7 Å². The minimum absolute atomic E-state index is 0.164. The number of ether oxygens (including phenoxy) is 2. The van der Waals surface area contributed by atoms with E-state index in [-0.39, 0.29) is 11.5 Å². The Hall–Kier alpha value is -2.23. The number of carbonyl (C=O) groups excluding carboxylic acids is 1. The summed E-state index contributed by atoms with van der Waals surface area (Å²) in [5.41, 5.74) is 2.33. The average Bonchev–Trinajstić information content (AvgIpc) is 2.82. The first-order valence-corrected chi connectivity index (χ1v) is 5.49. The lowest BCUT2D eigenvalue weighted by molar-refractivity contribution is 0.0594. The van der Waals surface area contributed by atoms with E-state index in [0.717, 1.165) is 11.1 Å². The van der Waals surface area contributed by atoms with Gasteiger partial charge in [0.1, 0.15) is 11.3 Å². The fourth-order valence-electron chi connectivity index (χ4n) is 1.64. The van der Waals surface area contributed by atoms with E-state index in [1.54, 1.807) is 6.07 Å². The monoisotopic (exact) mass is 246 g/mol. The van der Waals surface area contributed by atoms with Crippen molar-refractivity contribution in [2.75, 3.05) is 14.2 Å². The molecule has 0 bridgehead atoms. The molecule has 0 amide bonds. The zero-order valence-corrected chi connectivity index (χ0v) is 10.5. The zero-order valence-electron chi connectivity index (χ0n) is 10.5. The molecule has 0 spiro atoms. The number of esters is 1. The van der Waals surface area contributed by atoms with Crippen LogP contribution in [0.15, 0.2) is 34.7 Å². The van der Waals surface area contributed by atoms with Crippen LogP contribution in [0.25, 0.3) is 11.3 Å². The van der Waals surface area contributed by atoms with Crippen LogP contribution in [-0.4, -0.2) is 20.2 Å². The number of carbonyl (C=O) groups is 1. The molecule has 0 unspecified atom stereocenters. The Bertz CT molecular complexity index is 552. The highest BCUT2D eigenvalue weighted by atomic mass is 16.6. The molecule has 94 valence electrons. The summed E-state index contributed by atoms with van der Waals surface area (Å²) in [5, 5.41) is 0. The third kappa shape index (κ3) is 2.22. The normalized spacial score (nSPS) is 10.2. The summed E-state index contributed by atoms with van der Waals surface area (Å²) < 4.78 is 15.2. The molecule has 2 rings (SSSR count). The molecule has 18 heavy (non-hydrogen) atoms. The largest absolute Gasteiger partial charge is 0.468 e. The van der Waals surface area contributed by atoms with E-state index in [2.05, 4.69) is 4.74 Å². The lowest BCUT2D eigenvalue weighted by Crippen LogP contribution is -2.01. The topological polar surface area (TPSA) is 48.7 Å². The molecular formula is C14H14O4. The molecule has 0 atom stereocenters.